The number of aliphatic hydroxyl groups excluding tert-OH is 1. The van der Waals surface area contributed by atoms with Gasteiger partial charge in [0, 0.05) is 31.0 Å². The van der Waals surface area contributed by atoms with Crippen molar-refractivity contribution < 1.29 is 14.7 Å². The van der Waals surface area contributed by atoms with Crippen LogP contribution in [-0.2, 0) is 16.1 Å². The van der Waals surface area contributed by atoms with Gasteiger partial charge in [0.1, 0.15) is 0 Å². The minimum Gasteiger partial charge on any atom is -0.393 e. The van der Waals surface area contributed by atoms with Crippen LogP contribution >= 0.6 is 11.8 Å². The van der Waals surface area contributed by atoms with Gasteiger partial charge in [0.25, 0.3) is 0 Å². The molecule has 8 unspecified atom stereocenters. The number of ketones is 1. The molecule has 4 aliphatic carbocycles. The molecule has 0 amide bonds. The quantitative estimate of drug-likeness (QED) is 0.604. The molecule has 192 valence electrons. The zero-order valence-corrected chi connectivity index (χ0v) is 22.6. The molecular formula is C31H39NO3S. The third-order valence-corrected chi connectivity index (χ3v) is 11.9. The monoisotopic (exact) mass is 505 g/mol. The van der Waals surface area contributed by atoms with Gasteiger partial charge in [-0.2, -0.15) is 0 Å². The highest BCUT2D eigenvalue weighted by atomic mass is 32.2. The third kappa shape index (κ3) is 3.34. The van der Waals surface area contributed by atoms with Crippen LogP contribution in [0.15, 0.2) is 54.1 Å². The smallest absolute Gasteiger partial charge is 0.197 e. The average Bonchev–Trinajstić information content (AvgIpc) is 3.32. The van der Waals surface area contributed by atoms with Crippen LogP contribution in [0.1, 0.15) is 52.0 Å². The highest BCUT2D eigenvalue weighted by molar-refractivity contribution is 8.13. The SMILES string of the molecule is CCSC(=O)C12CN(Cc3ccccc3)CC1CC1C3CCC4=CC(=O)C=CC4(C)C3C(O)CC12C. The zero-order chi connectivity index (χ0) is 25.3. The summed E-state index contributed by atoms with van der Waals surface area (Å²) in [6, 6.07) is 10.6. The van der Waals surface area contributed by atoms with Crippen LogP contribution in [0.3, 0.4) is 0 Å². The van der Waals surface area contributed by atoms with E-state index in [4.69, 9.17) is 0 Å². The van der Waals surface area contributed by atoms with Gasteiger partial charge in [-0.15, -0.1) is 0 Å². The summed E-state index contributed by atoms with van der Waals surface area (Å²) in [4.78, 5) is 28.7. The van der Waals surface area contributed by atoms with E-state index in [2.05, 4.69) is 62.1 Å². The van der Waals surface area contributed by atoms with Crippen LogP contribution < -0.4 is 0 Å². The molecule has 1 aromatic rings. The molecule has 1 saturated heterocycles. The van der Waals surface area contributed by atoms with Crippen molar-refractivity contribution in [3.05, 3.63) is 59.7 Å². The predicted octanol–water partition coefficient (Wildman–Crippen LogP) is 5.27. The summed E-state index contributed by atoms with van der Waals surface area (Å²) >= 11 is 1.50. The van der Waals surface area contributed by atoms with Crippen molar-refractivity contribution in [1.82, 2.24) is 4.90 Å². The molecule has 5 heteroatoms. The topological polar surface area (TPSA) is 57.6 Å². The van der Waals surface area contributed by atoms with Gasteiger partial charge >= 0.3 is 0 Å². The highest BCUT2D eigenvalue weighted by Crippen LogP contribution is 2.73. The average molecular weight is 506 g/mol. The lowest BCUT2D eigenvalue weighted by molar-refractivity contribution is -0.150. The summed E-state index contributed by atoms with van der Waals surface area (Å²) in [5, 5.41) is 12.2. The summed E-state index contributed by atoms with van der Waals surface area (Å²) < 4.78 is 0. The number of benzene rings is 1. The molecule has 0 spiro atoms. The molecule has 1 N–H and O–H groups in total. The Labute approximate surface area is 219 Å². The maximum absolute atomic E-state index is 14.1. The fourth-order valence-electron chi connectivity index (χ4n) is 9.55. The normalized spacial score (nSPS) is 43.4. The van der Waals surface area contributed by atoms with Crippen molar-refractivity contribution in [3.63, 3.8) is 0 Å². The van der Waals surface area contributed by atoms with Gasteiger partial charge in [-0.05, 0) is 72.3 Å². The number of hydrogen-bond donors (Lipinski definition) is 1. The summed E-state index contributed by atoms with van der Waals surface area (Å²) in [5.74, 6) is 2.13. The van der Waals surface area contributed by atoms with Gasteiger partial charge in [0.2, 0.25) is 0 Å². The van der Waals surface area contributed by atoms with E-state index < -0.39 is 11.5 Å². The molecule has 5 aliphatic rings. The Morgan fingerprint density at radius 2 is 2.00 bits per heavy atom. The number of rotatable bonds is 4. The van der Waals surface area contributed by atoms with Gasteiger partial charge in [-0.3, -0.25) is 14.5 Å². The third-order valence-electron chi connectivity index (χ3n) is 11.0. The lowest BCUT2D eigenvalue weighted by atomic mass is 9.45. The van der Waals surface area contributed by atoms with Crippen molar-refractivity contribution in [3.8, 4) is 0 Å². The van der Waals surface area contributed by atoms with E-state index in [0.717, 1.165) is 44.6 Å². The standard InChI is InChI=1S/C31H39NO3S/c1-4-36-28(35)31-19-32(17-20-8-6-5-7-9-20)18-22(31)15-25-24-11-10-21-14-23(33)12-13-29(21,2)27(24)26(34)16-30(25,31)3/h5-9,12-14,22,24-27,34H,4,10-11,15-19H2,1-3H3. The molecule has 8 atom stereocenters. The van der Waals surface area contributed by atoms with Crippen LogP contribution in [0.25, 0.3) is 0 Å². The molecule has 4 nitrogen and oxygen atoms in total. The van der Waals surface area contributed by atoms with E-state index in [9.17, 15) is 14.7 Å². The van der Waals surface area contributed by atoms with Gasteiger partial charge in [-0.25, -0.2) is 0 Å². The Balaban J connectivity index is 1.36. The maximum atomic E-state index is 14.1. The van der Waals surface area contributed by atoms with E-state index in [1.165, 1.54) is 22.9 Å². The lowest BCUT2D eigenvalue weighted by Crippen LogP contribution is -2.60. The predicted molar refractivity (Wildman–Crippen MR) is 144 cm³/mol. The molecule has 0 aromatic heterocycles. The molecule has 1 heterocycles. The van der Waals surface area contributed by atoms with Crippen LogP contribution in [0, 0.1) is 39.9 Å². The molecule has 6 rings (SSSR count). The summed E-state index contributed by atoms with van der Waals surface area (Å²) in [6.07, 6.45) is 8.82. The molecule has 0 radical (unpaired) electrons. The number of hydrogen-bond acceptors (Lipinski definition) is 5. The number of carbonyl (C=O) groups is 2. The number of nitrogens with zero attached hydrogens (tertiary/aromatic N) is 1. The van der Waals surface area contributed by atoms with Crippen molar-refractivity contribution in [2.45, 2.75) is 59.1 Å². The van der Waals surface area contributed by atoms with Gasteiger partial charge in [-0.1, -0.05) is 74.5 Å². The number of carbonyl (C=O) groups excluding carboxylic acids is 2. The Morgan fingerprint density at radius 3 is 2.75 bits per heavy atom. The molecular weight excluding hydrogens is 466 g/mol. The van der Waals surface area contributed by atoms with E-state index >= 15 is 0 Å². The van der Waals surface area contributed by atoms with Crippen LogP contribution in [-0.4, -0.2) is 45.9 Å². The second-order valence-electron chi connectivity index (χ2n) is 12.5. The minimum atomic E-state index is -0.471. The number of likely N-dealkylation sites (tertiary alicyclic amines) is 1. The first-order chi connectivity index (χ1) is 17.2. The molecule has 0 bridgehead atoms. The second kappa shape index (κ2) is 8.68. The Bertz CT molecular complexity index is 1130. The first kappa shape index (κ1) is 24.6. The first-order valence-corrected chi connectivity index (χ1v) is 14.8. The lowest BCUT2D eigenvalue weighted by Gasteiger charge is -2.60. The van der Waals surface area contributed by atoms with Crippen molar-refractivity contribution in [2.24, 2.45) is 39.9 Å². The zero-order valence-electron chi connectivity index (χ0n) is 21.8. The number of aliphatic hydroxyl groups is 1. The number of fused-ring (bicyclic) bond motifs is 7. The molecule has 4 fully saturated rings. The van der Waals surface area contributed by atoms with Crippen molar-refractivity contribution in [2.75, 3.05) is 18.8 Å². The van der Waals surface area contributed by atoms with E-state index in [1.54, 1.807) is 6.08 Å². The van der Waals surface area contributed by atoms with E-state index in [1.807, 2.05) is 6.08 Å². The van der Waals surface area contributed by atoms with E-state index in [-0.39, 0.29) is 22.5 Å². The van der Waals surface area contributed by atoms with Crippen LogP contribution in [0.5, 0.6) is 0 Å². The molecule has 1 aromatic carbocycles. The maximum Gasteiger partial charge on any atom is 0.197 e. The van der Waals surface area contributed by atoms with Crippen molar-refractivity contribution in [1.29, 1.82) is 0 Å². The minimum absolute atomic E-state index is 0.0751. The largest absolute Gasteiger partial charge is 0.393 e. The van der Waals surface area contributed by atoms with Gasteiger partial charge in [0.15, 0.2) is 10.9 Å². The fourth-order valence-corrected chi connectivity index (χ4v) is 10.5. The Kier molecular flexibility index (Phi) is 5.94. The van der Waals surface area contributed by atoms with Gasteiger partial charge in [0.05, 0.1) is 11.5 Å². The van der Waals surface area contributed by atoms with Crippen molar-refractivity contribution >= 4 is 22.7 Å². The molecule has 1 aliphatic heterocycles. The Hall–Kier alpha value is -1.69. The first-order valence-electron chi connectivity index (χ1n) is 13.8. The molecule has 3 saturated carbocycles. The summed E-state index contributed by atoms with van der Waals surface area (Å²) in [7, 11) is 0. The highest BCUT2D eigenvalue weighted by Gasteiger charge is 2.73. The van der Waals surface area contributed by atoms with Gasteiger partial charge < -0.3 is 5.11 Å². The Morgan fingerprint density at radius 1 is 1.22 bits per heavy atom. The molecule has 36 heavy (non-hydrogen) atoms. The fraction of sp³-hybridized carbons (Fsp3) is 0.613. The second-order valence-corrected chi connectivity index (χ2v) is 13.7. The number of allylic oxidation sites excluding steroid dienone is 4. The van der Waals surface area contributed by atoms with Crippen LogP contribution in [0.2, 0.25) is 0 Å². The summed E-state index contributed by atoms with van der Waals surface area (Å²) in [5.41, 5.74) is 1.61. The van der Waals surface area contributed by atoms with E-state index in [0.29, 0.717) is 29.3 Å². The summed E-state index contributed by atoms with van der Waals surface area (Å²) in [6.45, 7) is 9.30. The number of thioether (sulfide) groups is 1. The van der Waals surface area contributed by atoms with Crippen LogP contribution in [0.4, 0.5) is 0 Å².